The fraction of sp³-hybridized carbons (Fsp3) is 0.524. The number of nitrogens with zero attached hydrogens (tertiary/aromatic N) is 2. The van der Waals surface area contributed by atoms with Gasteiger partial charge in [-0.2, -0.15) is 0 Å². The van der Waals surface area contributed by atoms with Crippen molar-refractivity contribution in [2.75, 3.05) is 6.61 Å². The molecule has 3 heteroatoms. The fourth-order valence-corrected chi connectivity index (χ4v) is 3.05. The van der Waals surface area contributed by atoms with E-state index in [1.807, 2.05) is 30.3 Å². The van der Waals surface area contributed by atoms with E-state index in [1.54, 1.807) is 12.4 Å². The minimum Gasteiger partial charge on any atom is -0.493 e. The van der Waals surface area contributed by atoms with Crippen LogP contribution in [0.2, 0.25) is 0 Å². The van der Waals surface area contributed by atoms with Gasteiger partial charge in [0.05, 0.1) is 12.2 Å². The summed E-state index contributed by atoms with van der Waals surface area (Å²) in [6.45, 7) is 0.770. The molecule has 2 aromatic rings. The number of hydrogen-bond donors (Lipinski definition) is 0. The van der Waals surface area contributed by atoms with E-state index < -0.39 is 0 Å². The van der Waals surface area contributed by atoms with Crippen LogP contribution in [0.25, 0.3) is 11.4 Å². The molecular formula is C21H28N2O. The molecule has 0 atom stereocenters. The summed E-state index contributed by atoms with van der Waals surface area (Å²) in [5.74, 6) is 2.70. The zero-order chi connectivity index (χ0) is 16.5. The van der Waals surface area contributed by atoms with Gasteiger partial charge in [-0.3, -0.25) is 0 Å². The van der Waals surface area contributed by atoms with Crippen molar-refractivity contribution in [3.05, 3.63) is 42.7 Å². The van der Waals surface area contributed by atoms with Crippen molar-refractivity contribution in [2.24, 2.45) is 5.92 Å². The van der Waals surface area contributed by atoms with E-state index in [4.69, 9.17) is 4.74 Å². The van der Waals surface area contributed by atoms with Crippen LogP contribution in [0, 0.1) is 5.92 Å². The normalized spacial score (nSPS) is 13.8. The molecule has 1 heterocycles. The SMILES string of the molecule is c1cnc(-c2ccccc2OCCCCCCCCC2CC2)nc1. The Morgan fingerprint density at radius 1 is 0.833 bits per heavy atom. The van der Waals surface area contributed by atoms with Gasteiger partial charge in [0, 0.05) is 12.4 Å². The highest BCUT2D eigenvalue weighted by Crippen LogP contribution is 2.34. The van der Waals surface area contributed by atoms with Gasteiger partial charge >= 0.3 is 0 Å². The Bertz CT molecular complexity index is 596. The lowest BCUT2D eigenvalue weighted by Gasteiger charge is -2.10. The molecular weight excluding hydrogens is 296 g/mol. The van der Waals surface area contributed by atoms with Gasteiger partial charge in [-0.05, 0) is 30.5 Å². The zero-order valence-electron chi connectivity index (χ0n) is 14.5. The number of para-hydroxylation sites is 1. The molecule has 1 saturated carbocycles. The Morgan fingerprint density at radius 3 is 2.33 bits per heavy atom. The molecule has 0 radical (unpaired) electrons. The maximum atomic E-state index is 5.98. The predicted molar refractivity (Wildman–Crippen MR) is 98.0 cm³/mol. The highest BCUT2D eigenvalue weighted by molar-refractivity contribution is 5.63. The van der Waals surface area contributed by atoms with Crippen LogP contribution in [0.1, 0.15) is 57.8 Å². The minimum absolute atomic E-state index is 0.726. The van der Waals surface area contributed by atoms with Crippen LogP contribution in [-0.4, -0.2) is 16.6 Å². The molecule has 1 aromatic carbocycles. The molecule has 3 rings (SSSR count). The van der Waals surface area contributed by atoms with Gasteiger partial charge in [-0.25, -0.2) is 9.97 Å². The Hall–Kier alpha value is -1.90. The van der Waals surface area contributed by atoms with Gasteiger partial charge < -0.3 is 4.74 Å². The lowest BCUT2D eigenvalue weighted by Crippen LogP contribution is -2.00. The molecule has 1 aliphatic carbocycles. The third-order valence-electron chi connectivity index (χ3n) is 4.65. The first kappa shape index (κ1) is 16.9. The third kappa shape index (κ3) is 5.63. The van der Waals surface area contributed by atoms with Gasteiger partial charge in [0.25, 0.3) is 0 Å². The molecule has 0 unspecified atom stereocenters. The summed E-state index contributed by atoms with van der Waals surface area (Å²) in [5, 5.41) is 0. The first-order valence-electron chi connectivity index (χ1n) is 9.43. The summed E-state index contributed by atoms with van der Waals surface area (Å²) in [6, 6.07) is 9.85. The largest absolute Gasteiger partial charge is 0.493 e. The quantitative estimate of drug-likeness (QED) is 0.500. The molecule has 3 nitrogen and oxygen atoms in total. The average Bonchev–Trinajstić information content (AvgIpc) is 3.46. The molecule has 0 spiro atoms. The lowest BCUT2D eigenvalue weighted by atomic mass is 10.1. The van der Waals surface area contributed by atoms with Gasteiger partial charge in [0.1, 0.15) is 5.75 Å². The number of hydrogen-bond acceptors (Lipinski definition) is 3. The average molecular weight is 324 g/mol. The van der Waals surface area contributed by atoms with E-state index in [1.165, 1.54) is 51.4 Å². The monoisotopic (exact) mass is 324 g/mol. The van der Waals surface area contributed by atoms with Crippen LogP contribution in [0.4, 0.5) is 0 Å². The number of aromatic nitrogens is 2. The van der Waals surface area contributed by atoms with Gasteiger partial charge in [-0.1, -0.05) is 63.5 Å². The molecule has 128 valence electrons. The Balaban J connectivity index is 1.33. The summed E-state index contributed by atoms with van der Waals surface area (Å²) in [7, 11) is 0. The number of benzene rings is 1. The van der Waals surface area contributed by atoms with Crippen LogP contribution in [0.15, 0.2) is 42.7 Å². The van der Waals surface area contributed by atoms with Crippen molar-refractivity contribution < 1.29 is 4.74 Å². The van der Waals surface area contributed by atoms with Gasteiger partial charge in [0.2, 0.25) is 0 Å². The number of rotatable bonds is 11. The van der Waals surface area contributed by atoms with Crippen LogP contribution in [0.5, 0.6) is 5.75 Å². The highest BCUT2D eigenvalue weighted by Gasteiger charge is 2.19. The molecule has 0 aliphatic heterocycles. The van der Waals surface area contributed by atoms with Crippen LogP contribution in [-0.2, 0) is 0 Å². The van der Waals surface area contributed by atoms with Crippen molar-refractivity contribution >= 4 is 0 Å². The number of ether oxygens (including phenoxy) is 1. The lowest BCUT2D eigenvalue weighted by molar-refractivity contribution is 0.305. The standard InChI is InChI=1S/C21H28N2O/c1(3-5-10-18-13-14-18)2-4-8-17-24-20-12-7-6-11-19(20)21-22-15-9-16-23-21/h6-7,9,11-12,15-16,18H,1-5,8,10,13-14,17H2. The summed E-state index contributed by atoms with van der Waals surface area (Å²) in [4.78, 5) is 8.64. The first-order chi connectivity index (χ1) is 11.9. The zero-order valence-corrected chi connectivity index (χ0v) is 14.5. The minimum atomic E-state index is 0.726. The fourth-order valence-electron chi connectivity index (χ4n) is 3.05. The maximum absolute atomic E-state index is 5.98. The summed E-state index contributed by atoms with van der Waals surface area (Å²) < 4.78 is 5.98. The summed E-state index contributed by atoms with van der Waals surface area (Å²) >= 11 is 0. The van der Waals surface area contributed by atoms with Crippen molar-refractivity contribution in [3.8, 4) is 17.1 Å². The van der Waals surface area contributed by atoms with Crippen LogP contribution >= 0.6 is 0 Å². The van der Waals surface area contributed by atoms with E-state index in [-0.39, 0.29) is 0 Å². The van der Waals surface area contributed by atoms with E-state index in [0.717, 1.165) is 36.1 Å². The van der Waals surface area contributed by atoms with Crippen molar-refractivity contribution in [2.45, 2.75) is 57.8 Å². The Morgan fingerprint density at radius 2 is 1.54 bits per heavy atom. The predicted octanol–water partition coefficient (Wildman–Crippen LogP) is 5.66. The van der Waals surface area contributed by atoms with E-state index in [2.05, 4.69) is 9.97 Å². The molecule has 0 saturated heterocycles. The smallest absolute Gasteiger partial charge is 0.162 e. The molecule has 0 bridgehead atoms. The molecule has 0 amide bonds. The molecule has 1 aliphatic rings. The van der Waals surface area contributed by atoms with E-state index in [0.29, 0.717) is 0 Å². The van der Waals surface area contributed by atoms with Gasteiger partial charge in [0.15, 0.2) is 5.82 Å². The second-order valence-corrected chi connectivity index (χ2v) is 6.77. The maximum Gasteiger partial charge on any atom is 0.162 e. The number of unbranched alkanes of at least 4 members (excludes halogenated alkanes) is 5. The summed E-state index contributed by atoms with van der Waals surface area (Å²) in [5.41, 5.74) is 0.971. The Kier molecular flexibility index (Phi) is 6.64. The van der Waals surface area contributed by atoms with Crippen molar-refractivity contribution in [1.29, 1.82) is 0 Å². The second kappa shape index (κ2) is 9.41. The Labute approximate surface area is 145 Å². The molecule has 1 fully saturated rings. The van der Waals surface area contributed by atoms with E-state index >= 15 is 0 Å². The molecule has 0 N–H and O–H groups in total. The molecule has 24 heavy (non-hydrogen) atoms. The van der Waals surface area contributed by atoms with E-state index in [9.17, 15) is 0 Å². The first-order valence-corrected chi connectivity index (χ1v) is 9.43. The molecule has 1 aromatic heterocycles. The van der Waals surface area contributed by atoms with Crippen molar-refractivity contribution in [1.82, 2.24) is 9.97 Å². The van der Waals surface area contributed by atoms with Crippen molar-refractivity contribution in [3.63, 3.8) is 0 Å². The van der Waals surface area contributed by atoms with Crippen LogP contribution in [0.3, 0.4) is 0 Å². The topological polar surface area (TPSA) is 35.0 Å². The van der Waals surface area contributed by atoms with Crippen LogP contribution < -0.4 is 4.74 Å². The highest BCUT2D eigenvalue weighted by atomic mass is 16.5. The van der Waals surface area contributed by atoms with Gasteiger partial charge in [-0.15, -0.1) is 0 Å². The summed E-state index contributed by atoms with van der Waals surface area (Å²) in [6.07, 6.45) is 15.9. The third-order valence-corrected chi connectivity index (χ3v) is 4.65. The second-order valence-electron chi connectivity index (χ2n) is 6.77.